The molecule has 0 amide bonds. The summed E-state index contributed by atoms with van der Waals surface area (Å²) in [4.78, 5) is 0. The van der Waals surface area contributed by atoms with Crippen LogP contribution in [0.2, 0.25) is 0 Å². The van der Waals surface area contributed by atoms with Gasteiger partial charge in [-0.2, -0.15) is 0 Å². The Labute approximate surface area is 74.4 Å². The Bertz CT molecular complexity index is 27.0. The normalized spacial score (nSPS) is 12.3. The van der Waals surface area contributed by atoms with Crippen LogP contribution in [0.5, 0.6) is 0 Å². The minimum atomic E-state index is 1.08. The van der Waals surface area contributed by atoms with Crippen LogP contribution in [0.1, 0.15) is 67.7 Å². The number of rotatable bonds is 0. The number of hydrogen-bond acceptors (Lipinski definition) is 0. The number of hydrogen-bond donors (Lipinski definition) is 0. The Morgan fingerprint density at radius 1 is 0.909 bits per heavy atom. The summed E-state index contributed by atoms with van der Waals surface area (Å²) in [5.74, 6) is 1.08. The highest BCUT2D eigenvalue weighted by Gasteiger charge is 2.12. The van der Waals surface area contributed by atoms with Gasteiger partial charge < -0.3 is 0 Å². The van der Waals surface area contributed by atoms with Crippen molar-refractivity contribution in [2.24, 2.45) is 5.92 Å². The van der Waals surface area contributed by atoms with Crippen molar-refractivity contribution in [2.45, 2.75) is 67.7 Å². The van der Waals surface area contributed by atoms with E-state index in [9.17, 15) is 0 Å². The van der Waals surface area contributed by atoms with Gasteiger partial charge in [0, 0.05) is 0 Å². The van der Waals surface area contributed by atoms with Crippen LogP contribution < -0.4 is 0 Å². The summed E-state index contributed by atoms with van der Waals surface area (Å²) in [5.41, 5.74) is 0. The Hall–Kier alpha value is 0. The third-order valence-corrected chi connectivity index (χ3v) is 0.866. The van der Waals surface area contributed by atoms with Crippen molar-refractivity contribution in [1.82, 2.24) is 0 Å². The second-order valence-electron chi connectivity index (χ2n) is 2.39. The van der Waals surface area contributed by atoms with Crippen LogP contribution in [0.15, 0.2) is 0 Å². The van der Waals surface area contributed by atoms with Crippen molar-refractivity contribution < 1.29 is 0 Å². The van der Waals surface area contributed by atoms with E-state index >= 15 is 0 Å². The molecule has 1 rings (SSSR count). The Kier molecular flexibility index (Phi) is 35.2. The molecule has 0 N–H and O–H groups in total. The molecule has 1 aliphatic carbocycles. The van der Waals surface area contributed by atoms with E-state index in [1.807, 2.05) is 27.7 Å². The lowest BCUT2D eigenvalue weighted by atomic mass is 10.5. The molecule has 0 aromatic rings. The minimum Gasteiger partial charge on any atom is -0.0683 e. The summed E-state index contributed by atoms with van der Waals surface area (Å²) in [6.45, 7) is 14.5. The largest absolute Gasteiger partial charge is 0.0683 e. The molecule has 0 spiro atoms. The molecule has 0 heteroatoms. The highest BCUT2D eigenvalue weighted by Crippen LogP contribution is 2.26. The van der Waals surface area contributed by atoms with Crippen molar-refractivity contribution >= 4 is 0 Å². The molecule has 0 aromatic carbocycles. The van der Waals surface area contributed by atoms with Crippen LogP contribution in [-0.4, -0.2) is 0 Å². The maximum Gasteiger partial charge on any atom is -0.0443 e. The molecule has 0 aliphatic heterocycles. The molecule has 0 heterocycles. The van der Waals surface area contributed by atoms with Gasteiger partial charge >= 0.3 is 0 Å². The monoisotopic (exact) mass is 160 g/mol. The zero-order chi connectivity index (χ0) is 9.70. The molecule has 72 valence electrons. The van der Waals surface area contributed by atoms with Gasteiger partial charge in [-0.25, -0.2) is 0 Å². The van der Waals surface area contributed by atoms with Crippen LogP contribution in [-0.2, 0) is 0 Å². The van der Waals surface area contributed by atoms with Crippen molar-refractivity contribution in [3.05, 3.63) is 0 Å². The van der Waals surface area contributed by atoms with Crippen LogP contribution in [0.4, 0.5) is 0 Å². The van der Waals surface area contributed by atoms with Crippen LogP contribution >= 0.6 is 0 Å². The van der Waals surface area contributed by atoms with Crippen molar-refractivity contribution in [3.63, 3.8) is 0 Å². The van der Waals surface area contributed by atoms with E-state index in [2.05, 4.69) is 20.8 Å². The molecule has 0 radical (unpaired) electrons. The van der Waals surface area contributed by atoms with Gasteiger partial charge in [0.15, 0.2) is 0 Å². The van der Waals surface area contributed by atoms with E-state index in [-0.39, 0.29) is 0 Å². The van der Waals surface area contributed by atoms with Crippen LogP contribution in [0.25, 0.3) is 0 Å². The SMILES string of the molecule is CC.CC.CC1CC1.CCC. The van der Waals surface area contributed by atoms with Gasteiger partial charge in [0.2, 0.25) is 0 Å². The van der Waals surface area contributed by atoms with Crippen LogP contribution in [0.3, 0.4) is 0 Å². The Balaban J connectivity index is -0.0000000835. The molecule has 0 atom stereocenters. The van der Waals surface area contributed by atoms with Gasteiger partial charge in [-0.15, -0.1) is 0 Å². The highest BCUT2D eigenvalue weighted by atomic mass is 14.2. The van der Waals surface area contributed by atoms with Gasteiger partial charge in [0.1, 0.15) is 0 Å². The van der Waals surface area contributed by atoms with Crippen LogP contribution in [0, 0.1) is 5.92 Å². The second-order valence-corrected chi connectivity index (χ2v) is 2.39. The summed E-state index contributed by atoms with van der Waals surface area (Å²) < 4.78 is 0. The van der Waals surface area contributed by atoms with Gasteiger partial charge in [0.25, 0.3) is 0 Å². The standard InChI is InChI=1S/C4H8.C3H8.2C2H6/c1-4-2-3-4;1-3-2;2*1-2/h4H,2-3H2,1H3;3H2,1-2H3;2*1-2H3. The van der Waals surface area contributed by atoms with Crippen molar-refractivity contribution in [3.8, 4) is 0 Å². The smallest absolute Gasteiger partial charge is 0.0443 e. The van der Waals surface area contributed by atoms with Crippen molar-refractivity contribution in [2.75, 3.05) is 0 Å². The molecule has 0 unspecified atom stereocenters. The molecular formula is C11H28. The highest BCUT2D eigenvalue weighted by molar-refractivity contribution is 4.65. The molecule has 1 aliphatic rings. The average Bonchev–Trinajstić information content (AvgIpc) is 2.82. The first kappa shape index (κ1) is 17.2. The Morgan fingerprint density at radius 3 is 1.00 bits per heavy atom. The van der Waals surface area contributed by atoms with E-state index in [4.69, 9.17) is 0 Å². The van der Waals surface area contributed by atoms with E-state index in [1.54, 1.807) is 0 Å². The predicted octanol–water partition coefficient (Wildman–Crippen LogP) is 4.89. The predicted molar refractivity (Wildman–Crippen MR) is 57.1 cm³/mol. The lowest BCUT2D eigenvalue weighted by Crippen LogP contribution is -1.42. The Morgan fingerprint density at radius 2 is 1.00 bits per heavy atom. The fourth-order valence-corrected chi connectivity index (χ4v) is 0.167. The van der Waals surface area contributed by atoms with E-state index < -0.39 is 0 Å². The minimum absolute atomic E-state index is 1.08. The first-order chi connectivity index (χ1) is 5.31. The lowest BCUT2D eigenvalue weighted by molar-refractivity contribution is 0.983. The summed E-state index contributed by atoms with van der Waals surface area (Å²) in [7, 11) is 0. The second kappa shape index (κ2) is 22.5. The zero-order valence-corrected chi connectivity index (χ0v) is 9.70. The molecular weight excluding hydrogens is 132 g/mol. The molecule has 1 saturated carbocycles. The summed E-state index contributed by atoms with van der Waals surface area (Å²) in [6.07, 6.45) is 4.22. The first-order valence-electron chi connectivity index (χ1n) is 5.31. The fourth-order valence-electron chi connectivity index (χ4n) is 0.167. The van der Waals surface area contributed by atoms with Gasteiger partial charge in [-0.05, 0) is 5.92 Å². The zero-order valence-electron chi connectivity index (χ0n) is 9.70. The van der Waals surface area contributed by atoms with Gasteiger partial charge in [-0.1, -0.05) is 67.7 Å². The molecule has 0 saturated heterocycles. The van der Waals surface area contributed by atoms with Gasteiger partial charge in [0.05, 0.1) is 0 Å². The third kappa shape index (κ3) is 71.1. The van der Waals surface area contributed by atoms with Gasteiger partial charge in [-0.3, -0.25) is 0 Å². The van der Waals surface area contributed by atoms with E-state index in [1.165, 1.54) is 19.3 Å². The molecule has 0 bridgehead atoms. The fraction of sp³-hybridized carbons (Fsp3) is 1.00. The molecule has 1 fully saturated rings. The lowest BCUT2D eigenvalue weighted by Gasteiger charge is -1.53. The van der Waals surface area contributed by atoms with Crippen molar-refractivity contribution in [1.29, 1.82) is 0 Å². The third-order valence-electron chi connectivity index (χ3n) is 0.866. The molecule has 0 nitrogen and oxygen atoms in total. The molecule has 11 heavy (non-hydrogen) atoms. The quantitative estimate of drug-likeness (QED) is 0.473. The molecule has 0 aromatic heterocycles. The summed E-state index contributed by atoms with van der Waals surface area (Å²) >= 11 is 0. The summed E-state index contributed by atoms with van der Waals surface area (Å²) in [5, 5.41) is 0. The topological polar surface area (TPSA) is 0 Å². The first-order valence-corrected chi connectivity index (χ1v) is 5.31. The van der Waals surface area contributed by atoms with E-state index in [0.29, 0.717) is 0 Å². The maximum atomic E-state index is 2.28. The average molecular weight is 160 g/mol. The van der Waals surface area contributed by atoms with E-state index in [0.717, 1.165) is 5.92 Å². The summed E-state index contributed by atoms with van der Waals surface area (Å²) in [6, 6.07) is 0. The maximum absolute atomic E-state index is 2.28.